The first-order valence-electron chi connectivity index (χ1n) is 0.752. The molecule has 0 aliphatic rings. The predicted octanol–water partition coefficient (Wildman–Crippen LogP) is -2.84. The minimum Gasteiger partial charge on any atom is -1.00 e. The van der Waals surface area contributed by atoms with Crippen molar-refractivity contribution in [2.24, 2.45) is 0 Å². The van der Waals surface area contributed by atoms with E-state index in [2.05, 4.69) is 0 Å². The summed E-state index contributed by atoms with van der Waals surface area (Å²) in [5, 5.41) is 0. The Kier molecular flexibility index (Phi) is 13.0. The Morgan fingerprint density at radius 2 is 1.57 bits per heavy atom. The Morgan fingerprint density at radius 1 is 1.57 bits per heavy atom. The fraction of sp³-hybridized carbons (Fsp3) is 0. The van der Waals surface area contributed by atoms with Gasteiger partial charge in [0.2, 0.25) is 0 Å². The molecule has 0 rings (SSSR count). The topological polar surface area (TPSA) is 57.5 Å². The van der Waals surface area contributed by atoms with E-state index in [1.807, 2.05) is 0 Å². The molecule has 7 heavy (non-hydrogen) atoms. The largest absolute Gasteiger partial charge is 1.00 e. The summed E-state index contributed by atoms with van der Waals surface area (Å²) in [5.41, 5.74) is 0. The van der Waals surface area contributed by atoms with Crippen molar-refractivity contribution in [3.05, 3.63) is 0 Å². The van der Waals surface area contributed by atoms with Crippen LogP contribution >= 0.6 is 7.91 Å². The van der Waals surface area contributed by atoms with Crippen LogP contribution in [0.15, 0.2) is 0 Å². The first-order chi connectivity index (χ1) is 2.00. The zero-order valence-electron chi connectivity index (χ0n) is 4.51. The van der Waals surface area contributed by atoms with Gasteiger partial charge < -0.3 is 1.43 Å². The van der Waals surface area contributed by atoms with Gasteiger partial charge in [0, 0.05) is 17.1 Å². The summed E-state index contributed by atoms with van der Waals surface area (Å²) in [7, 11) is -5.14. The summed E-state index contributed by atoms with van der Waals surface area (Å²) in [6.07, 6.45) is 0. The maximum absolute atomic E-state index is 10.4. The van der Waals surface area contributed by atoms with Crippen LogP contribution in [0.1, 0.15) is 1.43 Å². The zero-order chi connectivity index (χ0) is 4.50. The van der Waals surface area contributed by atoms with E-state index < -0.39 is 7.91 Å². The molecule has 0 spiro atoms. The van der Waals surface area contributed by atoms with Crippen LogP contribution in [0.25, 0.3) is 0 Å². The van der Waals surface area contributed by atoms with Crippen LogP contribution in [-0.2, 0) is 21.6 Å². The molecule has 41 valence electrons. The average molecular weight is 179 g/mol. The summed E-state index contributed by atoms with van der Waals surface area (Å²) < 4.78 is 19.0. The Balaban J connectivity index is -0.0000000267. The maximum Gasteiger partial charge on any atom is 1.00 e. The van der Waals surface area contributed by atoms with Gasteiger partial charge in [-0.1, -0.05) is 0 Å². The fourth-order valence-electron chi connectivity index (χ4n) is 0. The third kappa shape index (κ3) is 93.1. The second-order valence-corrected chi connectivity index (χ2v) is 1.42. The van der Waals surface area contributed by atoms with Crippen LogP contribution in [-0.4, -0.2) is 9.79 Å². The van der Waals surface area contributed by atoms with E-state index in [1.165, 1.54) is 0 Å². The standard InChI is InChI=1S/FH2O3P.Mn.Na.H/c1-5(2,3)4;;;/h(H2,2,3,4);;;/q;;+1;-1. The monoisotopic (exact) mass is 179 g/mol. The second-order valence-electron chi connectivity index (χ2n) is 0.473. The summed E-state index contributed by atoms with van der Waals surface area (Å²) in [6.45, 7) is 0. The predicted molar refractivity (Wildman–Crippen MR) is 14.3 cm³/mol. The van der Waals surface area contributed by atoms with Gasteiger partial charge in [-0.25, -0.2) is 4.57 Å². The first kappa shape index (κ1) is 15.8. The molecule has 0 aromatic rings. The Bertz CT molecular complexity index is 65.4. The number of rotatable bonds is 0. The number of halogens is 1. The molecule has 0 aromatic heterocycles. The molecule has 2 N–H and O–H groups in total. The molecule has 0 amide bonds. The SMILES string of the molecule is O=P(O)(O)F.[H-].[Mn].[Na+]. The van der Waals surface area contributed by atoms with E-state index in [0.717, 1.165) is 0 Å². The molecule has 0 heterocycles. The van der Waals surface area contributed by atoms with Crippen LogP contribution in [0.2, 0.25) is 0 Å². The normalized spacial score (nSPS) is 8.43. The zero-order valence-corrected chi connectivity index (χ0v) is 7.58. The van der Waals surface area contributed by atoms with Crippen molar-refractivity contribution in [1.29, 1.82) is 0 Å². The van der Waals surface area contributed by atoms with Crippen LogP contribution in [0.3, 0.4) is 0 Å². The van der Waals surface area contributed by atoms with Crippen LogP contribution in [0, 0.1) is 0 Å². The van der Waals surface area contributed by atoms with Crippen molar-refractivity contribution in [3.8, 4) is 0 Å². The maximum atomic E-state index is 10.4. The van der Waals surface area contributed by atoms with Gasteiger partial charge >= 0.3 is 37.5 Å². The number of hydrogen-bond acceptors (Lipinski definition) is 1. The third-order valence-corrected chi connectivity index (χ3v) is 0. The van der Waals surface area contributed by atoms with Gasteiger partial charge in [0.25, 0.3) is 0 Å². The Labute approximate surface area is 74.2 Å². The molecule has 0 bridgehead atoms. The van der Waals surface area contributed by atoms with Gasteiger partial charge in [-0.15, -0.1) is 4.20 Å². The summed E-state index contributed by atoms with van der Waals surface area (Å²) in [5.74, 6) is 0. The Hall–Kier alpha value is 1.60. The van der Waals surface area contributed by atoms with Crippen molar-refractivity contribution < 1.29 is 66.6 Å². The molecule has 0 aliphatic heterocycles. The van der Waals surface area contributed by atoms with E-state index in [1.54, 1.807) is 0 Å². The summed E-state index contributed by atoms with van der Waals surface area (Å²) >= 11 is 0. The van der Waals surface area contributed by atoms with Gasteiger partial charge in [0.15, 0.2) is 0 Å². The van der Waals surface area contributed by atoms with Crippen LogP contribution in [0.4, 0.5) is 4.20 Å². The van der Waals surface area contributed by atoms with Crippen molar-refractivity contribution >= 4 is 7.91 Å². The molecular weight excluding hydrogens is 176 g/mol. The van der Waals surface area contributed by atoms with E-state index in [0.29, 0.717) is 0 Å². The van der Waals surface area contributed by atoms with Gasteiger partial charge in [-0.3, -0.25) is 9.79 Å². The molecule has 0 aliphatic carbocycles. The molecule has 0 saturated carbocycles. The molecule has 0 aromatic carbocycles. The quantitative estimate of drug-likeness (QED) is 0.311. The smallest absolute Gasteiger partial charge is 1.00 e. The van der Waals surface area contributed by atoms with E-state index in [-0.39, 0.29) is 48.1 Å². The minimum atomic E-state index is -5.14. The van der Waals surface area contributed by atoms with Gasteiger partial charge in [-0.2, -0.15) is 0 Å². The molecule has 0 atom stereocenters. The van der Waals surface area contributed by atoms with E-state index >= 15 is 0 Å². The third-order valence-electron chi connectivity index (χ3n) is 0. The van der Waals surface area contributed by atoms with Gasteiger partial charge in [0.1, 0.15) is 0 Å². The summed E-state index contributed by atoms with van der Waals surface area (Å²) in [4.78, 5) is 13.9. The molecule has 0 saturated heterocycles. The van der Waals surface area contributed by atoms with Crippen molar-refractivity contribution in [3.63, 3.8) is 0 Å². The number of hydrogen-bond donors (Lipinski definition) is 2. The minimum absolute atomic E-state index is 0. The van der Waals surface area contributed by atoms with Gasteiger partial charge in [0.05, 0.1) is 0 Å². The van der Waals surface area contributed by atoms with Crippen LogP contribution < -0.4 is 29.6 Å². The van der Waals surface area contributed by atoms with Crippen molar-refractivity contribution in [1.82, 2.24) is 0 Å². The average Bonchev–Trinajstić information content (AvgIpc) is 0.722. The molecule has 1 radical (unpaired) electrons. The first-order valence-corrected chi connectivity index (χ1v) is 2.25. The molecular formula is H3FMnNaO3P. The second kappa shape index (κ2) is 5.73. The molecule has 0 fully saturated rings. The van der Waals surface area contributed by atoms with Gasteiger partial charge in [-0.05, 0) is 0 Å². The van der Waals surface area contributed by atoms with Crippen molar-refractivity contribution in [2.45, 2.75) is 0 Å². The fourth-order valence-corrected chi connectivity index (χ4v) is 0. The molecule has 7 heteroatoms. The van der Waals surface area contributed by atoms with E-state index in [9.17, 15) is 4.20 Å². The van der Waals surface area contributed by atoms with Crippen LogP contribution in [0.5, 0.6) is 0 Å². The summed E-state index contributed by atoms with van der Waals surface area (Å²) in [6, 6.07) is 0. The van der Waals surface area contributed by atoms with Crippen molar-refractivity contribution in [2.75, 3.05) is 0 Å². The van der Waals surface area contributed by atoms with E-state index in [4.69, 9.17) is 14.4 Å². The molecule has 0 unspecified atom stereocenters. The Morgan fingerprint density at radius 3 is 1.57 bits per heavy atom. The molecule has 3 nitrogen and oxygen atoms in total.